The van der Waals surface area contributed by atoms with Crippen LogP contribution in [0, 0.1) is 19.7 Å². The molecule has 10 heteroatoms. The van der Waals surface area contributed by atoms with E-state index in [0.29, 0.717) is 23.7 Å². The minimum Gasteiger partial charge on any atom is -0.489 e. The topological polar surface area (TPSA) is 111 Å². The minimum atomic E-state index is -3.66. The van der Waals surface area contributed by atoms with E-state index in [2.05, 4.69) is 15.2 Å². The third kappa shape index (κ3) is 5.35. The molecule has 158 valence electrons. The highest BCUT2D eigenvalue weighted by Crippen LogP contribution is 2.22. The highest BCUT2D eigenvalue weighted by Gasteiger charge is 2.12. The lowest BCUT2D eigenvalue weighted by Crippen LogP contribution is -2.14. The Kier molecular flexibility index (Phi) is 6.06. The van der Waals surface area contributed by atoms with Gasteiger partial charge in [-0.2, -0.15) is 0 Å². The van der Waals surface area contributed by atoms with Crippen molar-refractivity contribution in [1.29, 1.82) is 0 Å². The average Bonchev–Trinajstić information content (AvgIpc) is 3.00. The maximum atomic E-state index is 13.8. The van der Waals surface area contributed by atoms with Gasteiger partial charge in [0.25, 0.3) is 5.91 Å². The first-order valence-corrected chi connectivity index (χ1v) is 10.7. The monoisotopic (exact) mass is 433 g/mol. The number of sulfonamides is 1. The second-order valence-corrected chi connectivity index (χ2v) is 8.39. The van der Waals surface area contributed by atoms with E-state index in [1.54, 1.807) is 31.2 Å². The molecule has 0 saturated heterocycles. The highest BCUT2D eigenvalue weighted by atomic mass is 32.2. The van der Waals surface area contributed by atoms with E-state index in [1.165, 1.54) is 12.1 Å². The highest BCUT2D eigenvalue weighted by molar-refractivity contribution is 7.92. The minimum absolute atomic E-state index is 0.242. The van der Waals surface area contributed by atoms with Gasteiger partial charge in [0.15, 0.2) is 0 Å². The van der Waals surface area contributed by atoms with Crippen molar-refractivity contribution in [3.63, 3.8) is 0 Å². The summed E-state index contributed by atoms with van der Waals surface area (Å²) in [6.45, 7) is 3.92. The zero-order valence-electron chi connectivity index (χ0n) is 16.5. The van der Waals surface area contributed by atoms with Crippen LogP contribution in [0.4, 0.5) is 15.8 Å². The Hall–Kier alpha value is -3.40. The molecule has 0 atom stereocenters. The van der Waals surface area contributed by atoms with Crippen LogP contribution < -0.4 is 14.8 Å². The number of ether oxygens (including phenoxy) is 1. The molecule has 0 spiro atoms. The molecule has 0 unspecified atom stereocenters. The Morgan fingerprint density at radius 2 is 1.87 bits per heavy atom. The Labute approximate surface area is 173 Å². The average molecular weight is 433 g/mol. The van der Waals surface area contributed by atoms with Gasteiger partial charge in [0, 0.05) is 11.3 Å². The Balaban J connectivity index is 1.65. The van der Waals surface area contributed by atoms with E-state index in [-0.39, 0.29) is 11.4 Å². The number of nitrogens with zero attached hydrogens (tertiary/aromatic N) is 1. The predicted octanol–water partition coefficient (Wildman–Crippen LogP) is 3.63. The lowest BCUT2D eigenvalue weighted by atomic mass is 10.2. The van der Waals surface area contributed by atoms with Crippen LogP contribution in [0.5, 0.6) is 5.75 Å². The Morgan fingerprint density at radius 1 is 1.17 bits per heavy atom. The first-order chi connectivity index (χ1) is 14.1. The summed E-state index contributed by atoms with van der Waals surface area (Å²) in [4.78, 5) is 12.4. The standard InChI is InChI=1S/C20H20FN3O5S/c1-12-17(13(2)29-23-12)11-28-16-7-4-14(5-8-16)20(25)22-15-6-9-18(21)19(10-15)24-30(3,26)27/h4-10,24H,11H2,1-3H3,(H,22,25). The van der Waals surface area contributed by atoms with Gasteiger partial charge in [0.2, 0.25) is 10.0 Å². The van der Waals surface area contributed by atoms with Gasteiger partial charge in [-0.1, -0.05) is 5.16 Å². The number of amides is 1. The van der Waals surface area contributed by atoms with Crippen molar-refractivity contribution in [2.75, 3.05) is 16.3 Å². The largest absolute Gasteiger partial charge is 0.489 e. The maximum Gasteiger partial charge on any atom is 0.255 e. The molecule has 3 aromatic rings. The number of rotatable bonds is 7. The summed E-state index contributed by atoms with van der Waals surface area (Å²) in [7, 11) is -3.66. The normalized spacial score (nSPS) is 11.2. The van der Waals surface area contributed by atoms with Crippen LogP contribution in [0.15, 0.2) is 47.0 Å². The molecule has 0 aliphatic heterocycles. The van der Waals surface area contributed by atoms with Crippen molar-refractivity contribution in [3.05, 3.63) is 70.9 Å². The molecule has 30 heavy (non-hydrogen) atoms. The van der Waals surface area contributed by atoms with Crippen molar-refractivity contribution >= 4 is 27.3 Å². The molecule has 0 radical (unpaired) electrons. The molecule has 1 amide bonds. The van der Waals surface area contributed by atoms with E-state index in [9.17, 15) is 17.6 Å². The number of carbonyl (C=O) groups is 1. The van der Waals surface area contributed by atoms with Gasteiger partial charge in [-0.3, -0.25) is 9.52 Å². The van der Waals surface area contributed by atoms with Crippen LogP contribution in [0.25, 0.3) is 0 Å². The third-order valence-electron chi connectivity index (χ3n) is 4.20. The predicted molar refractivity (Wildman–Crippen MR) is 110 cm³/mol. The molecule has 0 aliphatic carbocycles. The number of nitrogens with one attached hydrogen (secondary N) is 2. The fraction of sp³-hybridized carbons (Fsp3) is 0.200. The van der Waals surface area contributed by atoms with Crippen LogP contribution in [0.3, 0.4) is 0 Å². The van der Waals surface area contributed by atoms with Crippen LogP contribution in [-0.4, -0.2) is 25.7 Å². The van der Waals surface area contributed by atoms with Crippen LogP contribution in [0.1, 0.15) is 27.4 Å². The zero-order chi connectivity index (χ0) is 21.9. The van der Waals surface area contributed by atoms with E-state index in [4.69, 9.17) is 9.26 Å². The number of hydrogen-bond acceptors (Lipinski definition) is 6. The van der Waals surface area contributed by atoms with E-state index in [0.717, 1.165) is 23.6 Å². The second-order valence-electron chi connectivity index (χ2n) is 6.64. The number of carbonyl (C=O) groups excluding carboxylic acids is 1. The Morgan fingerprint density at radius 3 is 2.47 bits per heavy atom. The molecule has 2 N–H and O–H groups in total. The quantitative estimate of drug-likeness (QED) is 0.589. The molecule has 3 rings (SSSR count). The summed E-state index contributed by atoms with van der Waals surface area (Å²) in [6, 6.07) is 10.1. The van der Waals surface area contributed by atoms with Gasteiger partial charge < -0.3 is 14.6 Å². The molecule has 0 saturated carbocycles. The number of hydrogen-bond donors (Lipinski definition) is 2. The first-order valence-electron chi connectivity index (χ1n) is 8.85. The molecular weight excluding hydrogens is 413 g/mol. The molecule has 0 aliphatic rings. The fourth-order valence-electron chi connectivity index (χ4n) is 2.65. The number of anilines is 2. The summed E-state index contributed by atoms with van der Waals surface area (Å²) in [5.41, 5.74) is 1.96. The zero-order valence-corrected chi connectivity index (χ0v) is 17.3. The van der Waals surface area contributed by atoms with Crippen LogP contribution in [-0.2, 0) is 16.6 Å². The summed E-state index contributed by atoms with van der Waals surface area (Å²) in [5, 5.41) is 6.47. The van der Waals surface area contributed by atoms with Crippen molar-refractivity contribution in [2.45, 2.75) is 20.5 Å². The Bertz CT molecular complexity index is 1150. The van der Waals surface area contributed by atoms with Crippen molar-refractivity contribution in [1.82, 2.24) is 5.16 Å². The lowest BCUT2D eigenvalue weighted by molar-refractivity contribution is 0.102. The summed E-state index contributed by atoms with van der Waals surface area (Å²) in [6.07, 6.45) is 0.910. The van der Waals surface area contributed by atoms with Gasteiger partial charge >= 0.3 is 0 Å². The van der Waals surface area contributed by atoms with Gasteiger partial charge in [0.1, 0.15) is 23.9 Å². The van der Waals surface area contributed by atoms with Gasteiger partial charge in [-0.25, -0.2) is 12.8 Å². The number of aryl methyl sites for hydroxylation is 2. The summed E-state index contributed by atoms with van der Waals surface area (Å²) >= 11 is 0. The van der Waals surface area contributed by atoms with E-state index >= 15 is 0 Å². The molecule has 1 aromatic heterocycles. The van der Waals surface area contributed by atoms with Crippen molar-refractivity contribution in [2.24, 2.45) is 0 Å². The maximum absolute atomic E-state index is 13.8. The van der Waals surface area contributed by atoms with Crippen LogP contribution >= 0.6 is 0 Å². The SMILES string of the molecule is Cc1noc(C)c1COc1ccc(C(=O)Nc2ccc(F)c(NS(C)(=O)=O)c2)cc1. The smallest absolute Gasteiger partial charge is 0.255 e. The van der Waals surface area contributed by atoms with E-state index in [1.807, 2.05) is 6.92 Å². The molecule has 8 nitrogen and oxygen atoms in total. The van der Waals surface area contributed by atoms with E-state index < -0.39 is 21.7 Å². The molecule has 0 bridgehead atoms. The summed E-state index contributed by atoms with van der Waals surface area (Å²) < 4.78 is 49.3. The van der Waals surface area contributed by atoms with Crippen molar-refractivity contribution in [3.8, 4) is 5.75 Å². The molecule has 0 fully saturated rings. The van der Waals surface area contributed by atoms with Crippen LogP contribution in [0.2, 0.25) is 0 Å². The molecular formula is C20H20FN3O5S. The van der Waals surface area contributed by atoms with Gasteiger partial charge in [-0.05, 0) is 56.3 Å². The molecule has 1 heterocycles. The van der Waals surface area contributed by atoms with Crippen molar-refractivity contribution < 1.29 is 26.9 Å². The fourth-order valence-corrected chi connectivity index (χ4v) is 3.21. The number of aromatic nitrogens is 1. The number of benzene rings is 2. The third-order valence-corrected chi connectivity index (χ3v) is 4.79. The first kappa shape index (κ1) is 21.3. The lowest BCUT2D eigenvalue weighted by Gasteiger charge is -2.10. The molecule has 2 aromatic carbocycles. The summed E-state index contributed by atoms with van der Waals surface area (Å²) in [5.74, 6) is 0.0582. The van der Waals surface area contributed by atoms with Gasteiger partial charge in [-0.15, -0.1) is 0 Å². The number of halogens is 1. The second kappa shape index (κ2) is 8.54. The van der Waals surface area contributed by atoms with Gasteiger partial charge in [0.05, 0.1) is 23.2 Å².